The maximum Gasteiger partial charge on any atom is 0.242 e. The fourth-order valence-corrected chi connectivity index (χ4v) is 2.60. The maximum atomic E-state index is 11.8. The molecular weight excluding hydrogens is 256 g/mol. The molecule has 1 amide bonds. The van der Waals surface area contributed by atoms with Crippen LogP contribution in [-0.4, -0.2) is 23.6 Å². The van der Waals surface area contributed by atoms with Crippen molar-refractivity contribution in [2.45, 2.75) is 19.4 Å². The first-order chi connectivity index (χ1) is 7.79. The highest BCUT2D eigenvalue weighted by molar-refractivity contribution is 7.99. The van der Waals surface area contributed by atoms with E-state index < -0.39 is 0 Å². The van der Waals surface area contributed by atoms with Gasteiger partial charge in [-0.3, -0.25) is 10.1 Å². The Hall–Kier alpha value is -0.710. The molecule has 0 aromatic heterocycles. The molecule has 1 atom stereocenters. The molecule has 1 aromatic rings. The lowest BCUT2D eigenvalue weighted by molar-refractivity contribution is -0.117. The number of aryl methyl sites for hydroxylation is 1. The molecule has 0 bridgehead atoms. The molecule has 1 aliphatic heterocycles. The van der Waals surface area contributed by atoms with E-state index in [1.807, 2.05) is 18.2 Å². The molecule has 1 aliphatic rings. The second kappa shape index (κ2) is 6.89. The molecule has 1 aromatic carbocycles. The van der Waals surface area contributed by atoms with Crippen LogP contribution in [0.5, 0.6) is 0 Å². The minimum atomic E-state index is -0.0460. The van der Waals surface area contributed by atoms with Crippen molar-refractivity contribution < 1.29 is 4.79 Å². The van der Waals surface area contributed by atoms with E-state index in [4.69, 9.17) is 0 Å². The number of amides is 1. The normalized spacial score (nSPS) is 18.5. The van der Waals surface area contributed by atoms with Gasteiger partial charge in [-0.1, -0.05) is 19.1 Å². The van der Waals surface area contributed by atoms with E-state index in [0.717, 1.165) is 23.7 Å². The topological polar surface area (TPSA) is 41.1 Å². The summed E-state index contributed by atoms with van der Waals surface area (Å²) in [5.41, 5.74) is 2.13. The Labute approximate surface area is 112 Å². The summed E-state index contributed by atoms with van der Waals surface area (Å²) in [6.45, 7) is 2.11. The van der Waals surface area contributed by atoms with Crippen LogP contribution in [0.4, 0.5) is 5.69 Å². The summed E-state index contributed by atoms with van der Waals surface area (Å²) < 4.78 is 0. The third-order valence-corrected chi connectivity index (χ3v) is 3.58. The maximum absolute atomic E-state index is 11.8. The monoisotopic (exact) mass is 272 g/mol. The molecule has 17 heavy (non-hydrogen) atoms. The average molecular weight is 273 g/mol. The molecule has 1 fully saturated rings. The van der Waals surface area contributed by atoms with Gasteiger partial charge in [0.05, 0.1) is 6.04 Å². The first-order valence-corrected chi connectivity index (χ1v) is 6.66. The van der Waals surface area contributed by atoms with Crippen molar-refractivity contribution in [2.24, 2.45) is 0 Å². The molecule has 94 valence electrons. The molecular formula is C12H17ClN2OS. The van der Waals surface area contributed by atoms with Crippen LogP contribution in [-0.2, 0) is 11.2 Å². The molecule has 0 radical (unpaired) electrons. The van der Waals surface area contributed by atoms with Gasteiger partial charge < -0.3 is 5.32 Å². The summed E-state index contributed by atoms with van der Waals surface area (Å²) in [4.78, 5) is 11.8. The van der Waals surface area contributed by atoms with Crippen molar-refractivity contribution in [1.29, 1.82) is 0 Å². The number of hydrogen-bond acceptors (Lipinski definition) is 3. The second-order valence-electron chi connectivity index (χ2n) is 3.82. The molecule has 0 saturated carbocycles. The van der Waals surface area contributed by atoms with E-state index in [1.165, 1.54) is 5.56 Å². The number of carbonyl (C=O) groups excluding carboxylic acids is 1. The van der Waals surface area contributed by atoms with E-state index in [9.17, 15) is 4.79 Å². The zero-order valence-electron chi connectivity index (χ0n) is 9.73. The third kappa shape index (κ3) is 3.91. The fraction of sp³-hybridized carbons (Fsp3) is 0.417. The third-order valence-electron chi connectivity index (χ3n) is 2.64. The minimum absolute atomic E-state index is 0. The Bertz CT molecular complexity index is 381. The number of anilines is 1. The van der Waals surface area contributed by atoms with Gasteiger partial charge in [-0.15, -0.1) is 24.2 Å². The highest BCUT2D eigenvalue weighted by Gasteiger charge is 2.22. The summed E-state index contributed by atoms with van der Waals surface area (Å²) in [7, 11) is 0. The van der Waals surface area contributed by atoms with Gasteiger partial charge in [0.15, 0.2) is 0 Å². The first-order valence-electron chi connectivity index (χ1n) is 5.50. The van der Waals surface area contributed by atoms with Gasteiger partial charge in [0.2, 0.25) is 5.91 Å². The second-order valence-corrected chi connectivity index (χ2v) is 4.85. The number of nitrogens with one attached hydrogen (secondary N) is 2. The molecule has 0 spiro atoms. The van der Waals surface area contributed by atoms with Crippen LogP contribution in [0.3, 0.4) is 0 Å². The van der Waals surface area contributed by atoms with Crippen molar-refractivity contribution >= 4 is 35.8 Å². The lowest BCUT2D eigenvalue weighted by Crippen LogP contribution is -2.37. The molecule has 2 rings (SSSR count). The van der Waals surface area contributed by atoms with Gasteiger partial charge in [-0.05, 0) is 24.1 Å². The highest BCUT2D eigenvalue weighted by Crippen LogP contribution is 2.14. The molecule has 1 unspecified atom stereocenters. The minimum Gasteiger partial charge on any atom is -0.325 e. The van der Waals surface area contributed by atoms with Gasteiger partial charge >= 0.3 is 0 Å². The van der Waals surface area contributed by atoms with Gasteiger partial charge in [-0.25, -0.2) is 0 Å². The molecule has 1 heterocycles. The number of benzene rings is 1. The van der Waals surface area contributed by atoms with Crippen LogP contribution in [0.2, 0.25) is 0 Å². The zero-order valence-corrected chi connectivity index (χ0v) is 11.4. The van der Waals surface area contributed by atoms with Gasteiger partial charge in [0.25, 0.3) is 0 Å². The Balaban J connectivity index is 0.00000144. The Morgan fingerprint density at radius 1 is 1.59 bits per heavy atom. The molecule has 0 aliphatic carbocycles. The lowest BCUT2D eigenvalue weighted by atomic mass is 10.1. The Morgan fingerprint density at radius 3 is 3.06 bits per heavy atom. The smallest absolute Gasteiger partial charge is 0.242 e. The van der Waals surface area contributed by atoms with E-state index in [-0.39, 0.29) is 24.4 Å². The molecule has 5 heteroatoms. The standard InChI is InChI=1S/C12H16N2OS.ClH/c1-2-9-4-3-5-10(6-9)14-12(15)11-7-16-8-13-11;/h3-6,11,13H,2,7-8H2,1H3,(H,14,15);1H. The van der Waals surface area contributed by atoms with Gasteiger partial charge in [-0.2, -0.15) is 0 Å². The largest absolute Gasteiger partial charge is 0.325 e. The van der Waals surface area contributed by atoms with Crippen LogP contribution in [0.1, 0.15) is 12.5 Å². The zero-order chi connectivity index (χ0) is 11.4. The molecule has 2 N–H and O–H groups in total. The molecule has 3 nitrogen and oxygen atoms in total. The average Bonchev–Trinajstić information content (AvgIpc) is 2.83. The SMILES string of the molecule is CCc1cccc(NC(=O)C2CSCN2)c1.Cl. The summed E-state index contributed by atoms with van der Waals surface area (Å²) >= 11 is 1.76. The quantitative estimate of drug-likeness (QED) is 0.887. The van der Waals surface area contributed by atoms with Crippen molar-refractivity contribution in [3.05, 3.63) is 29.8 Å². The van der Waals surface area contributed by atoms with E-state index >= 15 is 0 Å². The number of thioether (sulfide) groups is 1. The molecule has 1 saturated heterocycles. The van der Waals surface area contributed by atoms with Crippen molar-refractivity contribution in [2.75, 3.05) is 16.9 Å². The number of halogens is 1. The van der Waals surface area contributed by atoms with Crippen LogP contribution in [0.15, 0.2) is 24.3 Å². The number of rotatable bonds is 3. The van der Waals surface area contributed by atoms with Crippen LogP contribution in [0, 0.1) is 0 Å². The summed E-state index contributed by atoms with van der Waals surface area (Å²) in [6.07, 6.45) is 0.987. The summed E-state index contributed by atoms with van der Waals surface area (Å²) in [5, 5.41) is 6.10. The van der Waals surface area contributed by atoms with Crippen molar-refractivity contribution in [1.82, 2.24) is 5.32 Å². The van der Waals surface area contributed by atoms with Gasteiger partial charge in [0.1, 0.15) is 0 Å². The van der Waals surface area contributed by atoms with E-state index in [0.29, 0.717) is 0 Å². The number of carbonyl (C=O) groups is 1. The van der Waals surface area contributed by atoms with Gasteiger partial charge in [0, 0.05) is 17.3 Å². The highest BCUT2D eigenvalue weighted by atomic mass is 35.5. The Kier molecular flexibility index (Phi) is 5.82. The van der Waals surface area contributed by atoms with Crippen LogP contribution >= 0.6 is 24.2 Å². The predicted octanol–water partition coefficient (Wildman–Crippen LogP) is 2.27. The summed E-state index contributed by atoms with van der Waals surface area (Å²) in [6, 6.07) is 7.96. The van der Waals surface area contributed by atoms with Crippen LogP contribution < -0.4 is 10.6 Å². The summed E-state index contributed by atoms with van der Waals surface area (Å²) in [5.74, 6) is 1.80. The first kappa shape index (κ1) is 14.4. The Morgan fingerprint density at radius 2 is 2.41 bits per heavy atom. The van der Waals surface area contributed by atoms with E-state index in [1.54, 1.807) is 11.8 Å². The number of hydrogen-bond donors (Lipinski definition) is 2. The predicted molar refractivity (Wildman–Crippen MR) is 75.9 cm³/mol. The van der Waals surface area contributed by atoms with Crippen molar-refractivity contribution in [3.8, 4) is 0 Å². The lowest BCUT2D eigenvalue weighted by Gasteiger charge is -2.11. The fourth-order valence-electron chi connectivity index (χ4n) is 1.66. The van der Waals surface area contributed by atoms with Crippen molar-refractivity contribution in [3.63, 3.8) is 0 Å². The van der Waals surface area contributed by atoms with E-state index in [2.05, 4.69) is 23.6 Å². The van der Waals surface area contributed by atoms with Crippen LogP contribution in [0.25, 0.3) is 0 Å².